The third-order valence-corrected chi connectivity index (χ3v) is 2.49. The Balaban J connectivity index is 2.86. The SMILES string of the molecule is CC(C)CC1(C)C=CC=C(C(=O)O)C=C1. The molecule has 0 spiro atoms. The first-order valence-corrected chi connectivity index (χ1v) is 5.25. The van der Waals surface area contributed by atoms with Crippen molar-refractivity contribution in [3.8, 4) is 0 Å². The van der Waals surface area contributed by atoms with E-state index in [1.54, 1.807) is 12.2 Å². The highest BCUT2D eigenvalue weighted by Gasteiger charge is 2.20. The molecule has 0 bridgehead atoms. The topological polar surface area (TPSA) is 37.3 Å². The molecule has 15 heavy (non-hydrogen) atoms. The lowest BCUT2D eigenvalue weighted by Crippen LogP contribution is -2.12. The lowest BCUT2D eigenvalue weighted by molar-refractivity contribution is -0.132. The van der Waals surface area contributed by atoms with Gasteiger partial charge >= 0.3 is 5.97 Å². The van der Waals surface area contributed by atoms with Gasteiger partial charge in [0.15, 0.2) is 0 Å². The fourth-order valence-corrected chi connectivity index (χ4v) is 1.92. The van der Waals surface area contributed by atoms with E-state index in [0.717, 1.165) is 6.42 Å². The average molecular weight is 206 g/mol. The number of rotatable bonds is 3. The molecule has 0 fully saturated rings. The highest BCUT2D eigenvalue weighted by Crippen LogP contribution is 2.31. The minimum atomic E-state index is -0.871. The minimum Gasteiger partial charge on any atom is -0.478 e. The Morgan fingerprint density at radius 2 is 2.13 bits per heavy atom. The van der Waals surface area contributed by atoms with Gasteiger partial charge in [0, 0.05) is 5.41 Å². The summed E-state index contributed by atoms with van der Waals surface area (Å²) in [5.41, 5.74) is 0.320. The molecule has 1 unspecified atom stereocenters. The third kappa shape index (κ3) is 3.39. The molecule has 1 atom stereocenters. The van der Waals surface area contributed by atoms with Crippen molar-refractivity contribution < 1.29 is 9.90 Å². The molecule has 0 heterocycles. The molecule has 0 aliphatic heterocycles. The Kier molecular flexibility index (Phi) is 3.51. The van der Waals surface area contributed by atoms with Crippen molar-refractivity contribution >= 4 is 5.97 Å². The van der Waals surface area contributed by atoms with Crippen LogP contribution in [-0.2, 0) is 4.79 Å². The van der Waals surface area contributed by atoms with E-state index in [0.29, 0.717) is 11.5 Å². The van der Waals surface area contributed by atoms with Crippen LogP contribution >= 0.6 is 0 Å². The molecule has 0 amide bonds. The van der Waals surface area contributed by atoms with Gasteiger partial charge < -0.3 is 5.11 Å². The van der Waals surface area contributed by atoms with Gasteiger partial charge in [-0.25, -0.2) is 4.79 Å². The van der Waals surface area contributed by atoms with Gasteiger partial charge in [-0.05, 0) is 18.4 Å². The Morgan fingerprint density at radius 3 is 2.67 bits per heavy atom. The maximum absolute atomic E-state index is 10.8. The van der Waals surface area contributed by atoms with Crippen LogP contribution in [0.5, 0.6) is 0 Å². The van der Waals surface area contributed by atoms with Gasteiger partial charge in [0.2, 0.25) is 0 Å². The van der Waals surface area contributed by atoms with Crippen LogP contribution in [0, 0.1) is 11.3 Å². The van der Waals surface area contributed by atoms with Crippen LogP contribution in [-0.4, -0.2) is 11.1 Å². The molecule has 82 valence electrons. The molecule has 0 saturated heterocycles. The van der Waals surface area contributed by atoms with Crippen molar-refractivity contribution in [3.05, 3.63) is 36.0 Å². The van der Waals surface area contributed by atoms with E-state index in [2.05, 4.69) is 26.8 Å². The number of carbonyl (C=O) groups is 1. The molecular formula is C13H18O2. The van der Waals surface area contributed by atoms with Crippen molar-refractivity contribution in [2.75, 3.05) is 0 Å². The molecule has 0 aromatic rings. The first-order valence-electron chi connectivity index (χ1n) is 5.25. The Morgan fingerprint density at radius 1 is 1.47 bits per heavy atom. The summed E-state index contributed by atoms with van der Waals surface area (Å²) < 4.78 is 0. The molecule has 0 aromatic heterocycles. The number of hydrogen-bond acceptors (Lipinski definition) is 1. The fourth-order valence-electron chi connectivity index (χ4n) is 1.92. The van der Waals surface area contributed by atoms with E-state index >= 15 is 0 Å². The van der Waals surface area contributed by atoms with Gasteiger partial charge in [0.1, 0.15) is 0 Å². The largest absolute Gasteiger partial charge is 0.478 e. The first-order chi connectivity index (χ1) is 6.93. The van der Waals surface area contributed by atoms with E-state index in [-0.39, 0.29) is 5.41 Å². The van der Waals surface area contributed by atoms with Gasteiger partial charge in [0.25, 0.3) is 0 Å². The number of carboxylic acids is 1. The van der Waals surface area contributed by atoms with E-state index in [1.165, 1.54) is 0 Å². The summed E-state index contributed by atoms with van der Waals surface area (Å²) in [6.45, 7) is 6.46. The zero-order valence-corrected chi connectivity index (χ0v) is 9.53. The predicted octanol–water partition coefficient (Wildman–Crippen LogP) is 3.18. The van der Waals surface area contributed by atoms with Crippen molar-refractivity contribution in [1.82, 2.24) is 0 Å². The summed E-state index contributed by atoms with van der Waals surface area (Å²) >= 11 is 0. The standard InChI is InChI=1S/C13H18O2/c1-10(2)9-13(3)7-4-5-11(6-8-13)12(14)15/h4-8,10H,9H2,1-3H3,(H,14,15). The number of allylic oxidation sites excluding steroid dienone is 4. The third-order valence-electron chi connectivity index (χ3n) is 2.49. The Bertz CT molecular complexity index is 334. The van der Waals surface area contributed by atoms with Crippen LogP contribution in [0.2, 0.25) is 0 Å². The second-order valence-electron chi connectivity index (χ2n) is 4.72. The molecule has 0 aromatic carbocycles. The van der Waals surface area contributed by atoms with E-state index in [9.17, 15) is 4.79 Å². The monoisotopic (exact) mass is 206 g/mol. The summed E-state index contributed by atoms with van der Waals surface area (Å²) in [6.07, 6.45) is 10.3. The summed E-state index contributed by atoms with van der Waals surface area (Å²) in [5, 5.41) is 8.86. The summed E-state index contributed by atoms with van der Waals surface area (Å²) in [6, 6.07) is 0. The van der Waals surface area contributed by atoms with Crippen LogP contribution in [0.4, 0.5) is 0 Å². The van der Waals surface area contributed by atoms with Crippen LogP contribution in [0.15, 0.2) is 36.0 Å². The van der Waals surface area contributed by atoms with Crippen LogP contribution in [0.1, 0.15) is 27.2 Å². The highest BCUT2D eigenvalue weighted by molar-refractivity contribution is 5.90. The van der Waals surface area contributed by atoms with Gasteiger partial charge in [-0.15, -0.1) is 0 Å². The second kappa shape index (κ2) is 4.47. The van der Waals surface area contributed by atoms with Crippen LogP contribution in [0.3, 0.4) is 0 Å². The first kappa shape index (κ1) is 11.8. The zero-order valence-electron chi connectivity index (χ0n) is 9.53. The smallest absolute Gasteiger partial charge is 0.335 e. The lowest BCUT2D eigenvalue weighted by atomic mass is 9.81. The molecule has 1 N–H and O–H groups in total. The fraction of sp³-hybridized carbons (Fsp3) is 0.462. The molecule has 1 aliphatic carbocycles. The second-order valence-corrected chi connectivity index (χ2v) is 4.72. The van der Waals surface area contributed by atoms with Crippen LogP contribution < -0.4 is 0 Å². The molecule has 1 aliphatic rings. The molecule has 0 saturated carbocycles. The van der Waals surface area contributed by atoms with Crippen molar-refractivity contribution in [2.45, 2.75) is 27.2 Å². The summed E-state index contributed by atoms with van der Waals surface area (Å²) in [4.78, 5) is 10.8. The molecule has 0 radical (unpaired) electrons. The summed E-state index contributed by atoms with van der Waals surface area (Å²) in [5.74, 6) is -0.277. The van der Waals surface area contributed by atoms with Crippen molar-refractivity contribution in [3.63, 3.8) is 0 Å². The van der Waals surface area contributed by atoms with E-state index < -0.39 is 5.97 Å². The number of aliphatic carboxylic acids is 1. The minimum absolute atomic E-state index is 0.0259. The average Bonchev–Trinajstić information content (AvgIpc) is 2.25. The van der Waals surface area contributed by atoms with Crippen molar-refractivity contribution in [1.29, 1.82) is 0 Å². The highest BCUT2D eigenvalue weighted by atomic mass is 16.4. The molecule has 2 nitrogen and oxygen atoms in total. The maximum Gasteiger partial charge on any atom is 0.335 e. The van der Waals surface area contributed by atoms with Crippen molar-refractivity contribution in [2.24, 2.45) is 11.3 Å². The normalized spacial score (nSPS) is 25.2. The lowest BCUT2D eigenvalue weighted by Gasteiger charge is -2.23. The Labute approximate surface area is 91.0 Å². The predicted molar refractivity (Wildman–Crippen MR) is 61.6 cm³/mol. The van der Waals surface area contributed by atoms with Gasteiger partial charge in [-0.2, -0.15) is 0 Å². The molecule has 2 heteroatoms. The molecular weight excluding hydrogens is 188 g/mol. The summed E-state index contributed by atoms with van der Waals surface area (Å²) in [7, 11) is 0. The molecule has 1 rings (SSSR count). The number of hydrogen-bond donors (Lipinski definition) is 1. The van der Waals surface area contributed by atoms with Crippen LogP contribution in [0.25, 0.3) is 0 Å². The Hall–Kier alpha value is -1.31. The quantitative estimate of drug-likeness (QED) is 0.770. The maximum atomic E-state index is 10.8. The van der Waals surface area contributed by atoms with Gasteiger partial charge in [-0.3, -0.25) is 0 Å². The van der Waals surface area contributed by atoms with E-state index in [1.807, 2.05) is 12.2 Å². The number of carboxylic acid groups (broad SMARTS) is 1. The van der Waals surface area contributed by atoms with E-state index in [4.69, 9.17) is 5.11 Å². The van der Waals surface area contributed by atoms with Gasteiger partial charge in [-0.1, -0.05) is 45.1 Å². The zero-order chi connectivity index (χ0) is 11.5. The van der Waals surface area contributed by atoms with Gasteiger partial charge in [0.05, 0.1) is 5.57 Å².